The predicted octanol–water partition coefficient (Wildman–Crippen LogP) is 21.7. The first-order valence-corrected chi connectivity index (χ1v) is 31.7. The zero-order valence-corrected chi connectivity index (χ0v) is 49.3. The van der Waals surface area contributed by atoms with Crippen molar-refractivity contribution >= 4 is 17.9 Å². The number of hydrogen-bond donors (Lipinski definition) is 0. The molecule has 0 aliphatic heterocycles. The summed E-state index contributed by atoms with van der Waals surface area (Å²) in [5.41, 5.74) is 0. The SMILES string of the molecule is CC/C=C\C/C=C\C/C=C\C/C=C\C/C=C\CCCCCCCC(=O)OCC(COC(=O)CCCCCCC/C=C\CCCCCCCC)OC(=O)CCCCCCCCCCC/C=C\C/C=C\CCCCCCC. The zero-order chi connectivity index (χ0) is 54.3. The molecule has 0 saturated carbocycles. The molecule has 0 radical (unpaired) electrons. The summed E-state index contributed by atoms with van der Waals surface area (Å²) in [4.78, 5) is 38.3. The quantitative estimate of drug-likeness (QED) is 0.0261. The number of hydrogen-bond acceptors (Lipinski definition) is 6. The van der Waals surface area contributed by atoms with Crippen LogP contribution in [0, 0.1) is 0 Å². The first kappa shape index (κ1) is 71.3. The second-order valence-electron chi connectivity index (χ2n) is 20.9. The Labute approximate surface area is 464 Å². The Balaban J connectivity index is 4.43. The van der Waals surface area contributed by atoms with Gasteiger partial charge in [0.25, 0.3) is 0 Å². The fourth-order valence-corrected chi connectivity index (χ4v) is 8.79. The number of unbranched alkanes of at least 4 members (excludes halogenated alkanes) is 30. The molecule has 0 N–H and O–H groups in total. The van der Waals surface area contributed by atoms with Gasteiger partial charge in [-0.2, -0.15) is 0 Å². The Kier molecular flexibility index (Phi) is 59.8. The highest BCUT2D eigenvalue weighted by Gasteiger charge is 2.19. The van der Waals surface area contributed by atoms with Crippen LogP contribution in [-0.4, -0.2) is 37.2 Å². The maximum Gasteiger partial charge on any atom is 0.306 e. The van der Waals surface area contributed by atoms with Crippen LogP contribution in [0.15, 0.2) is 97.2 Å². The maximum absolute atomic E-state index is 12.9. The third-order valence-corrected chi connectivity index (χ3v) is 13.5. The number of rotatable bonds is 57. The molecule has 0 aromatic carbocycles. The van der Waals surface area contributed by atoms with Crippen molar-refractivity contribution in [3.8, 4) is 0 Å². The van der Waals surface area contributed by atoms with Crippen molar-refractivity contribution in [2.75, 3.05) is 13.2 Å². The Bertz CT molecular complexity index is 1480. The molecule has 0 aromatic rings. The molecule has 75 heavy (non-hydrogen) atoms. The third kappa shape index (κ3) is 61.1. The molecule has 0 aliphatic carbocycles. The van der Waals surface area contributed by atoms with Crippen LogP contribution < -0.4 is 0 Å². The first-order chi connectivity index (χ1) is 37.0. The van der Waals surface area contributed by atoms with Crippen molar-refractivity contribution in [2.24, 2.45) is 0 Å². The minimum atomic E-state index is -0.794. The maximum atomic E-state index is 12.9. The second kappa shape index (κ2) is 62.9. The molecule has 0 bridgehead atoms. The van der Waals surface area contributed by atoms with Crippen molar-refractivity contribution in [2.45, 2.75) is 309 Å². The van der Waals surface area contributed by atoms with E-state index < -0.39 is 6.10 Å². The fourth-order valence-electron chi connectivity index (χ4n) is 8.79. The van der Waals surface area contributed by atoms with Gasteiger partial charge in [-0.25, -0.2) is 0 Å². The second-order valence-corrected chi connectivity index (χ2v) is 20.9. The molecule has 0 amide bonds. The van der Waals surface area contributed by atoms with Crippen molar-refractivity contribution in [1.29, 1.82) is 0 Å². The van der Waals surface area contributed by atoms with Gasteiger partial charge in [0.1, 0.15) is 13.2 Å². The zero-order valence-electron chi connectivity index (χ0n) is 49.3. The van der Waals surface area contributed by atoms with Crippen LogP contribution in [0.2, 0.25) is 0 Å². The molecule has 1 unspecified atom stereocenters. The van der Waals surface area contributed by atoms with Gasteiger partial charge in [0, 0.05) is 19.3 Å². The van der Waals surface area contributed by atoms with Crippen LogP contribution >= 0.6 is 0 Å². The summed E-state index contributed by atoms with van der Waals surface area (Å²) in [6.07, 6.45) is 84.0. The summed E-state index contributed by atoms with van der Waals surface area (Å²) in [6.45, 7) is 6.51. The van der Waals surface area contributed by atoms with Gasteiger partial charge in [-0.1, -0.05) is 259 Å². The van der Waals surface area contributed by atoms with Gasteiger partial charge in [0.05, 0.1) is 0 Å². The van der Waals surface area contributed by atoms with Crippen LogP contribution in [0.5, 0.6) is 0 Å². The van der Waals surface area contributed by atoms with E-state index in [0.717, 1.165) is 122 Å². The Morgan fingerprint density at radius 1 is 0.280 bits per heavy atom. The topological polar surface area (TPSA) is 78.9 Å². The van der Waals surface area contributed by atoms with Crippen molar-refractivity contribution in [1.82, 2.24) is 0 Å². The highest BCUT2D eigenvalue weighted by atomic mass is 16.6. The van der Waals surface area contributed by atoms with Crippen LogP contribution in [0.1, 0.15) is 303 Å². The predicted molar refractivity (Wildman–Crippen MR) is 325 cm³/mol. The van der Waals surface area contributed by atoms with E-state index >= 15 is 0 Å². The summed E-state index contributed by atoms with van der Waals surface area (Å²) in [5.74, 6) is -0.912. The van der Waals surface area contributed by atoms with Crippen LogP contribution in [-0.2, 0) is 28.6 Å². The van der Waals surface area contributed by atoms with E-state index in [9.17, 15) is 14.4 Å². The highest BCUT2D eigenvalue weighted by Crippen LogP contribution is 2.15. The van der Waals surface area contributed by atoms with E-state index in [4.69, 9.17) is 14.2 Å². The summed E-state index contributed by atoms with van der Waals surface area (Å²) < 4.78 is 16.9. The van der Waals surface area contributed by atoms with Crippen molar-refractivity contribution in [3.63, 3.8) is 0 Å². The number of ether oxygens (including phenoxy) is 3. The lowest BCUT2D eigenvalue weighted by atomic mass is 10.1. The smallest absolute Gasteiger partial charge is 0.306 e. The molecule has 6 heteroatoms. The van der Waals surface area contributed by atoms with E-state index in [1.54, 1.807) is 0 Å². The van der Waals surface area contributed by atoms with Crippen LogP contribution in [0.4, 0.5) is 0 Å². The minimum absolute atomic E-state index is 0.0895. The van der Waals surface area contributed by atoms with Gasteiger partial charge < -0.3 is 14.2 Å². The Hall–Kier alpha value is -3.67. The van der Waals surface area contributed by atoms with Gasteiger partial charge in [0.2, 0.25) is 0 Å². The molecule has 430 valence electrons. The lowest BCUT2D eigenvalue weighted by molar-refractivity contribution is -0.167. The summed E-state index contributed by atoms with van der Waals surface area (Å²) >= 11 is 0. The van der Waals surface area contributed by atoms with Gasteiger partial charge in [-0.05, 0) is 122 Å². The normalized spacial score (nSPS) is 12.7. The number of esters is 3. The largest absolute Gasteiger partial charge is 0.462 e. The van der Waals surface area contributed by atoms with Crippen molar-refractivity contribution < 1.29 is 28.6 Å². The molecule has 0 aromatic heterocycles. The Morgan fingerprint density at radius 2 is 0.520 bits per heavy atom. The molecular weight excluding hydrogens is 925 g/mol. The molecule has 0 spiro atoms. The molecule has 0 saturated heterocycles. The number of carbonyl (C=O) groups excluding carboxylic acids is 3. The molecular formula is C69H118O6. The third-order valence-electron chi connectivity index (χ3n) is 13.5. The van der Waals surface area contributed by atoms with E-state index in [0.29, 0.717) is 19.3 Å². The molecule has 0 aliphatic rings. The van der Waals surface area contributed by atoms with E-state index in [-0.39, 0.29) is 31.1 Å². The first-order valence-electron chi connectivity index (χ1n) is 31.7. The van der Waals surface area contributed by atoms with Gasteiger partial charge in [-0.15, -0.1) is 0 Å². The van der Waals surface area contributed by atoms with Gasteiger partial charge in [-0.3, -0.25) is 14.4 Å². The highest BCUT2D eigenvalue weighted by molar-refractivity contribution is 5.71. The lowest BCUT2D eigenvalue weighted by Crippen LogP contribution is -2.30. The lowest BCUT2D eigenvalue weighted by Gasteiger charge is -2.18. The van der Waals surface area contributed by atoms with Crippen LogP contribution in [0.3, 0.4) is 0 Å². The molecule has 0 heterocycles. The monoisotopic (exact) mass is 1040 g/mol. The average molecular weight is 1040 g/mol. The van der Waals surface area contributed by atoms with Gasteiger partial charge >= 0.3 is 17.9 Å². The molecule has 0 fully saturated rings. The summed E-state index contributed by atoms with van der Waals surface area (Å²) in [7, 11) is 0. The van der Waals surface area contributed by atoms with E-state index in [2.05, 4.69) is 118 Å². The molecule has 0 rings (SSSR count). The summed E-state index contributed by atoms with van der Waals surface area (Å²) in [5, 5.41) is 0. The van der Waals surface area contributed by atoms with E-state index in [1.165, 1.54) is 141 Å². The average Bonchev–Trinajstić information content (AvgIpc) is 3.41. The molecule has 1 atom stereocenters. The minimum Gasteiger partial charge on any atom is -0.462 e. The number of allylic oxidation sites excluding steroid dienone is 16. The van der Waals surface area contributed by atoms with Gasteiger partial charge in [0.15, 0.2) is 6.10 Å². The Morgan fingerprint density at radius 3 is 0.827 bits per heavy atom. The number of carbonyl (C=O) groups is 3. The molecule has 6 nitrogen and oxygen atoms in total. The standard InChI is InChI=1S/C69H118O6/c1-4-7-10-13-16-19-22-25-28-30-32-34-36-38-41-44-47-50-53-56-59-62-68(71)74-65-66(64-73-67(70)61-58-55-52-49-46-43-40-27-24-21-18-15-12-9-6-3)75-69(72)63-60-57-54-51-48-45-42-39-37-35-33-31-29-26-23-20-17-14-11-8-5-2/h7,10,16,19,23,25-28,31-34,38,40-41,66H,4-6,8-9,11-15,17-18,20-22,24,29-30,35-37,39,42-65H2,1-3H3/b10-7-,19-16-,26-23-,28-25-,33-31-,34-32-,40-27-,41-38-. The fraction of sp³-hybridized carbons (Fsp3) is 0.725. The van der Waals surface area contributed by atoms with E-state index in [1.807, 2.05) is 0 Å². The van der Waals surface area contributed by atoms with Crippen molar-refractivity contribution in [3.05, 3.63) is 97.2 Å². The van der Waals surface area contributed by atoms with Crippen LogP contribution in [0.25, 0.3) is 0 Å². The summed E-state index contributed by atoms with van der Waals surface area (Å²) in [6, 6.07) is 0.